The van der Waals surface area contributed by atoms with Crippen molar-refractivity contribution in [1.82, 2.24) is 58.0 Å². The number of rotatable bonds is 9. The number of aromatic nitrogens is 12. The van der Waals surface area contributed by atoms with E-state index < -0.39 is 69.6 Å². The van der Waals surface area contributed by atoms with E-state index in [0.29, 0.717) is 0 Å². The van der Waals surface area contributed by atoms with Gasteiger partial charge in [0.1, 0.15) is 69.8 Å². The molecule has 0 spiro atoms. The summed E-state index contributed by atoms with van der Waals surface area (Å²) in [5.74, 6) is -4.90. The van der Waals surface area contributed by atoms with E-state index in [1.54, 1.807) is 18.2 Å². The Kier molecular flexibility index (Phi) is 11.7. The Hall–Kier alpha value is -11.4. The Bertz CT molecular complexity index is 3530. The predicted molar refractivity (Wildman–Crippen MR) is 226 cm³/mol. The molecule has 0 aliphatic heterocycles. The first kappa shape index (κ1) is 45.6. The lowest BCUT2D eigenvalue weighted by molar-refractivity contribution is 0.423. The summed E-state index contributed by atoms with van der Waals surface area (Å²) in [6, 6.07) is 10.9. The van der Waals surface area contributed by atoms with E-state index in [2.05, 4.69) is 60.9 Å². The van der Waals surface area contributed by atoms with Crippen LogP contribution in [0.15, 0.2) is 63.7 Å². The fourth-order valence-corrected chi connectivity index (χ4v) is 6.27. The maximum atomic E-state index is 12.6. The van der Waals surface area contributed by atoms with Crippen molar-refractivity contribution in [3.8, 4) is 71.9 Å². The van der Waals surface area contributed by atoms with Gasteiger partial charge in [0.2, 0.25) is 17.6 Å². The summed E-state index contributed by atoms with van der Waals surface area (Å²) in [7, 11) is 3.55. The molecule has 30 heteroatoms. The summed E-state index contributed by atoms with van der Waals surface area (Å²) in [5.41, 5.74) is -5.55. The van der Waals surface area contributed by atoms with Crippen molar-refractivity contribution in [2.24, 2.45) is 51.8 Å². The maximum absolute atomic E-state index is 12.6. The molecule has 0 radical (unpaired) electrons. The summed E-state index contributed by atoms with van der Waals surface area (Å²) >= 11 is 0. The number of nitriles is 6. The van der Waals surface area contributed by atoms with Crippen LogP contribution in [0.1, 0.15) is 50.1 Å². The highest BCUT2D eigenvalue weighted by Crippen LogP contribution is 2.36. The van der Waals surface area contributed by atoms with Crippen LogP contribution in [0.2, 0.25) is 0 Å². The van der Waals surface area contributed by atoms with Crippen LogP contribution in [0.25, 0.3) is 17.8 Å². The third kappa shape index (κ3) is 7.45. The number of pyridine rings is 3. The van der Waals surface area contributed by atoms with Crippen LogP contribution in [0.4, 0.5) is 34.5 Å². The fraction of sp³-hybridized carbons (Fsp3) is 0.154. The molecule has 0 aliphatic rings. The first-order chi connectivity index (χ1) is 33.0. The molecule has 30 nitrogen and oxygen atoms in total. The second-order valence-electron chi connectivity index (χ2n) is 14.0. The van der Waals surface area contributed by atoms with E-state index in [1.165, 1.54) is 41.9 Å². The molecule has 0 atom stereocenters. The molecule has 0 unspecified atom stereocenters. The molecule has 336 valence electrons. The van der Waals surface area contributed by atoms with Crippen molar-refractivity contribution in [3.63, 3.8) is 0 Å². The normalized spacial score (nSPS) is 11.1. The second-order valence-corrected chi connectivity index (χ2v) is 14.0. The lowest BCUT2D eigenvalue weighted by atomic mass is 10.1. The van der Waals surface area contributed by atoms with Gasteiger partial charge in [-0.15, -0.1) is 30.7 Å². The molecule has 7 heterocycles. The zero-order valence-corrected chi connectivity index (χ0v) is 36.0. The first-order valence-corrected chi connectivity index (χ1v) is 18.9. The minimum Gasteiger partial charge on any atom is -0.493 e. The lowest BCUT2D eigenvalue weighted by Gasteiger charge is -2.11. The average Bonchev–Trinajstić information content (AvgIpc) is 4.09. The standard InChI is InChI=1S/C39H24N24O6/c1-16-22(10-43)31(64)58(4)34(67)25(16)52-55-28-19(7-40)13-46-61(28)37-49-38(62-29(20(8-41)14-47-62)56-53-26-17(2)23(11-44)32(65)59(5)35(26)68)51-39(50-37)63-30(21(9-42)15-48-63)57-54-27-18(3)24(12-45)33(66)60(6)36(27)69/h13-15,67-69H,1-6H3. The molecule has 0 saturated carbocycles. The van der Waals surface area contributed by atoms with E-state index in [1.807, 2.05) is 18.2 Å². The van der Waals surface area contributed by atoms with Crippen molar-refractivity contribution in [2.75, 3.05) is 0 Å². The topological polar surface area (TPSA) is 436 Å². The Morgan fingerprint density at radius 1 is 0.435 bits per heavy atom. The Balaban J connectivity index is 1.50. The van der Waals surface area contributed by atoms with Crippen molar-refractivity contribution >= 4 is 34.5 Å². The number of nitrogens with zero attached hydrogens (tertiary/aromatic N) is 24. The van der Waals surface area contributed by atoms with E-state index in [0.717, 1.165) is 46.3 Å². The molecule has 0 amide bonds. The van der Waals surface area contributed by atoms with Crippen LogP contribution in [-0.4, -0.2) is 73.3 Å². The van der Waals surface area contributed by atoms with Gasteiger partial charge < -0.3 is 15.3 Å². The number of azo groups is 3. The van der Waals surface area contributed by atoms with Crippen LogP contribution in [-0.2, 0) is 21.1 Å². The molecular formula is C39H24N24O6. The first-order valence-electron chi connectivity index (χ1n) is 18.9. The molecule has 0 fully saturated rings. The van der Waals surface area contributed by atoms with E-state index >= 15 is 0 Å². The van der Waals surface area contributed by atoms with E-state index in [-0.39, 0.29) is 67.1 Å². The van der Waals surface area contributed by atoms with Crippen LogP contribution in [0.3, 0.4) is 0 Å². The molecule has 0 bridgehead atoms. The van der Waals surface area contributed by atoms with Crippen LogP contribution in [0, 0.1) is 88.8 Å². The minimum absolute atomic E-state index is 0.0614. The van der Waals surface area contributed by atoms with Crippen molar-refractivity contribution in [3.05, 3.63) is 99.7 Å². The molecule has 69 heavy (non-hydrogen) atoms. The van der Waals surface area contributed by atoms with Crippen molar-refractivity contribution in [2.45, 2.75) is 20.8 Å². The minimum atomic E-state index is -0.824. The van der Waals surface area contributed by atoms with Gasteiger partial charge in [0.25, 0.3) is 34.5 Å². The Morgan fingerprint density at radius 3 is 0.899 bits per heavy atom. The van der Waals surface area contributed by atoms with Gasteiger partial charge in [0, 0.05) is 37.8 Å². The van der Waals surface area contributed by atoms with Gasteiger partial charge in [0.15, 0.2) is 34.5 Å². The summed E-state index contributed by atoms with van der Waals surface area (Å²) in [5, 5.41) is 129. The molecule has 7 rings (SSSR count). The third-order valence-corrected chi connectivity index (χ3v) is 10.2. The van der Waals surface area contributed by atoms with Gasteiger partial charge in [0.05, 0.1) is 18.6 Å². The van der Waals surface area contributed by atoms with Gasteiger partial charge in [-0.05, 0) is 20.8 Å². The van der Waals surface area contributed by atoms with E-state index in [9.17, 15) is 61.3 Å². The Morgan fingerprint density at radius 2 is 0.681 bits per heavy atom. The second kappa shape index (κ2) is 17.7. The smallest absolute Gasteiger partial charge is 0.271 e. The van der Waals surface area contributed by atoms with Crippen molar-refractivity contribution in [1.29, 1.82) is 31.6 Å². The Labute approximate surface area is 382 Å². The molecule has 0 saturated heterocycles. The van der Waals surface area contributed by atoms with Gasteiger partial charge in [-0.2, -0.15) is 75.9 Å². The molecule has 0 aromatic carbocycles. The molecule has 7 aromatic rings. The maximum Gasteiger partial charge on any atom is 0.271 e. The third-order valence-electron chi connectivity index (χ3n) is 10.2. The monoisotopic (exact) mass is 924 g/mol. The number of hydrogen-bond donors (Lipinski definition) is 3. The van der Waals surface area contributed by atoms with Crippen LogP contribution in [0.5, 0.6) is 17.6 Å². The highest BCUT2D eigenvalue weighted by molar-refractivity contribution is 5.62. The van der Waals surface area contributed by atoms with E-state index in [4.69, 9.17) is 0 Å². The average molecular weight is 925 g/mol. The van der Waals surface area contributed by atoms with Gasteiger partial charge in [-0.3, -0.25) is 28.1 Å². The number of hydrogen-bond acceptors (Lipinski definition) is 24. The summed E-state index contributed by atoms with van der Waals surface area (Å²) in [4.78, 5) is 51.2. The number of aromatic hydroxyl groups is 3. The predicted octanol–water partition coefficient (Wildman–Crippen LogP) is 3.04. The summed E-state index contributed by atoms with van der Waals surface area (Å²) in [6.45, 7) is 3.99. The largest absolute Gasteiger partial charge is 0.493 e. The zero-order chi connectivity index (χ0) is 50.2. The highest BCUT2D eigenvalue weighted by Gasteiger charge is 2.26. The van der Waals surface area contributed by atoms with Gasteiger partial charge in [-0.25, -0.2) is 0 Å². The summed E-state index contributed by atoms with van der Waals surface area (Å²) < 4.78 is 4.82. The highest BCUT2D eigenvalue weighted by atomic mass is 16.3. The quantitative estimate of drug-likeness (QED) is 0.175. The molecule has 3 N–H and O–H groups in total. The molecule has 7 aromatic heterocycles. The summed E-state index contributed by atoms with van der Waals surface area (Å²) in [6.07, 6.45) is 3.09. The fourth-order valence-electron chi connectivity index (χ4n) is 6.27. The van der Waals surface area contributed by atoms with Crippen LogP contribution >= 0.6 is 0 Å². The van der Waals surface area contributed by atoms with Crippen LogP contribution < -0.4 is 16.7 Å². The van der Waals surface area contributed by atoms with Gasteiger partial charge >= 0.3 is 0 Å². The zero-order valence-electron chi connectivity index (χ0n) is 36.0. The molecule has 0 aliphatic carbocycles. The van der Waals surface area contributed by atoms with Crippen molar-refractivity contribution < 1.29 is 15.3 Å². The lowest BCUT2D eigenvalue weighted by Crippen LogP contribution is -2.20. The van der Waals surface area contributed by atoms with Gasteiger partial charge in [-0.1, -0.05) is 0 Å². The SMILES string of the molecule is Cc1c(N=Nc2c(C#N)cnn2-c2nc(-n3ncc(C#N)c3N=Nc3c(C)c(C#N)c(=O)n(C)c3O)nc(-n3ncc(C#N)c3N=Nc3c(C)c(C#N)c(=O)n(C)c3O)n2)c(O)n(C)c(=O)c1C#N. The molecular weight excluding hydrogens is 901 g/mol.